The van der Waals surface area contributed by atoms with Crippen molar-refractivity contribution in [3.63, 3.8) is 0 Å². The van der Waals surface area contributed by atoms with Crippen LogP contribution in [0.1, 0.15) is 37.5 Å². The molecule has 0 unspecified atom stereocenters. The summed E-state index contributed by atoms with van der Waals surface area (Å²) in [6, 6.07) is 16.6. The first kappa shape index (κ1) is 19.0. The molecular weight excluding hydrogens is 342 g/mol. The molecule has 0 saturated carbocycles. The zero-order valence-electron chi connectivity index (χ0n) is 16.0. The number of benzene rings is 2. The van der Waals surface area contributed by atoms with Gasteiger partial charge in [0.25, 0.3) is 0 Å². The van der Waals surface area contributed by atoms with Crippen molar-refractivity contribution in [3.8, 4) is 0 Å². The first-order valence-electron chi connectivity index (χ1n) is 9.10. The van der Waals surface area contributed by atoms with Crippen LogP contribution < -0.4 is 0 Å². The minimum atomic E-state index is -0.692. The lowest BCUT2D eigenvalue weighted by atomic mass is 9.94. The molecule has 0 N–H and O–H groups in total. The lowest BCUT2D eigenvalue weighted by Crippen LogP contribution is -2.50. The van der Waals surface area contributed by atoms with Crippen molar-refractivity contribution in [2.45, 2.75) is 52.0 Å². The molecule has 0 spiro atoms. The predicted molar refractivity (Wildman–Crippen MR) is 102 cm³/mol. The van der Waals surface area contributed by atoms with Gasteiger partial charge in [-0.2, -0.15) is 0 Å². The Morgan fingerprint density at radius 3 is 2.30 bits per heavy atom. The Hall–Kier alpha value is -2.82. The number of hydrogen-bond acceptors (Lipinski definition) is 4. The summed E-state index contributed by atoms with van der Waals surface area (Å²) in [7, 11) is 0. The smallest absolute Gasteiger partial charge is 0.411 e. The third-order valence-corrected chi connectivity index (χ3v) is 4.37. The fourth-order valence-electron chi connectivity index (χ4n) is 3.10. The molecule has 0 saturated heterocycles. The van der Waals surface area contributed by atoms with Gasteiger partial charge >= 0.3 is 12.1 Å². The summed E-state index contributed by atoms with van der Waals surface area (Å²) in [5.74, 6) is -0.409. The van der Waals surface area contributed by atoms with E-state index in [1.165, 1.54) is 4.90 Å². The van der Waals surface area contributed by atoms with E-state index in [0.717, 1.165) is 16.7 Å². The largest absolute Gasteiger partial charge is 0.458 e. The first-order chi connectivity index (χ1) is 12.8. The van der Waals surface area contributed by atoms with Crippen LogP contribution >= 0.6 is 0 Å². The summed E-state index contributed by atoms with van der Waals surface area (Å²) in [5.41, 5.74) is 2.36. The molecule has 2 aromatic rings. The fourth-order valence-corrected chi connectivity index (χ4v) is 3.10. The van der Waals surface area contributed by atoms with Crippen molar-refractivity contribution < 1.29 is 19.1 Å². The van der Waals surface area contributed by atoms with E-state index in [9.17, 15) is 9.59 Å². The molecule has 0 aliphatic carbocycles. The van der Waals surface area contributed by atoms with Crippen molar-refractivity contribution in [1.82, 2.24) is 4.90 Å². The van der Waals surface area contributed by atoms with E-state index in [1.807, 2.05) is 75.4 Å². The zero-order chi connectivity index (χ0) is 19.4. The van der Waals surface area contributed by atoms with Crippen molar-refractivity contribution in [3.05, 3.63) is 71.3 Å². The number of esters is 1. The molecule has 1 atom stereocenters. The van der Waals surface area contributed by atoms with Gasteiger partial charge in [-0.1, -0.05) is 54.6 Å². The summed E-state index contributed by atoms with van der Waals surface area (Å²) in [6.45, 7) is 5.95. The van der Waals surface area contributed by atoms with Crippen LogP contribution in [-0.4, -0.2) is 28.6 Å². The molecule has 0 radical (unpaired) electrons. The highest BCUT2D eigenvalue weighted by atomic mass is 16.6. The number of rotatable bonds is 3. The van der Waals surface area contributed by atoms with Gasteiger partial charge in [0.05, 0.1) is 6.54 Å². The number of ether oxygens (including phenoxy) is 2. The standard InChI is InChI=1S/C22H25NO4/c1-22(2,3)27-20(24)19-13-17-11-7-8-12-18(17)14-23(19)21(25)26-15-16-9-5-4-6-10-16/h4-12,19H,13-15H2,1-3H3/t19-/m0/s1. The van der Waals surface area contributed by atoms with Crippen molar-refractivity contribution in [1.29, 1.82) is 0 Å². The zero-order valence-corrected chi connectivity index (χ0v) is 16.0. The Balaban J connectivity index is 1.78. The number of nitrogens with zero attached hydrogens (tertiary/aromatic N) is 1. The Morgan fingerprint density at radius 1 is 1.00 bits per heavy atom. The number of amides is 1. The lowest BCUT2D eigenvalue weighted by Gasteiger charge is -2.36. The molecule has 2 aromatic carbocycles. The third kappa shape index (κ3) is 4.88. The normalized spacial score (nSPS) is 16.4. The third-order valence-electron chi connectivity index (χ3n) is 4.37. The van der Waals surface area contributed by atoms with Crippen LogP contribution in [0.3, 0.4) is 0 Å². The minimum Gasteiger partial charge on any atom is -0.458 e. The monoisotopic (exact) mass is 367 g/mol. The second-order valence-corrected chi connectivity index (χ2v) is 7.69. The molecule has 1 aliphatic rings. The van der Waals surface area contributed by atoms with Crippen molar-refractivity contribution in [2.75, 3.05) is 0 Å². The van der Waals surface area contributed by atoms with Crippen LogP contribution in [-0.2, 0) is 33.8 Å². The molecule has 27 heavy (non-hydrogen) atoms. The number of hydrogen-bond donors (Lipinski definition) is 0. The Morgan fingerprint density at radius 2 is 1.63 bits per heavy atom. The lowest BCUT2D eigenvalue weighted by molar-refractivity contribution is -0.161. The summed E-state index contributed by atoms with van der Waals surface area (Å²) in [6.07, 6.45) is -0.0878. The summed E-state index contributed by atoms with van der Waals surface area (Å²) >= 11 is 0. The molecule has 1 amide bonds. The van der Waals surface area contributed by atoms with Crippen molar-refractivity contribution >= 4 is 12.1 Å². The van der Waals surface area contributed by atoms with E-state index in [2.05, 4.69) is 0 Å². The van der Waals surface area contributed by atoms with Crippen molar-refractivity contribution in [2.24, 2.45) is 0 Å². The van der Waals surface area contributed by atoms with Gasteiger partial charge in [-0.05, 0) is 37.5 Å². The maximum absolute atomic E-state index is 12.8. The molecule has 5 nitrogen and oxygen atoms in total. The average Bonchev–Trinajstić information content (AvgIpc) is 2.64. The average molecular weight is 367 g/mol. The summed E-state index contributed by atoms with van der Waals surface area (Å²) in [4.78, 5) is 27.0. The first-order valence-corrected chi connectivity index (χ1v) is 9.10. The molecular formula is C22H25NO4. The van der Waals surface area contributed by atoms with Crippen LogP contribution in [0.2, 0.25) is 0 Å². The molecule has 1 heterocycles. The quantitative estimate of drug-likeness (QED) is 0.767. The van der Waals surface area contributed by atoms with Crippen LogP contribution in [0.25, 0.3) is 0 Å². The number of carbonyl (C=O) groups excluding carboxylic acids is 2. The highest BCUT2D eigenvalue weighted by molar-refractivity contribution is 5.82. The van der Waals surface area contributed by atoms with E-state index in [0.29, 0.717) is 13.0 Å². The molecule has 0 bridgehead atoms. The SMILES string of the molecule is CC(C)(C)OC(=O)[C@@H]1Cc2ccccc2CN1C(=O)OCc1ccccc1. The van der Waals surface area contributed by atoms with Gasteiger partial charge in [0.1, 0.15) is 18.2 Å². The molecule has 0 aromatic heterocycles. The van der Waals surface area contributed by atoms with E-state index in [1.54, 1.807) is 0 Å². The van der Waals surface area contributed by atoms with Gasteiger partial charge in [0, 0.05) is 6.42 Å². The molecule has 142 valence electrons. The summed E-state index contributed by atoms with van der Waals surface area (Å²) in [5, 5.41) is 0. The molecule has 3 rings (SSSR count). The topological polar surface area (TPSA) is 55.8 Å². The highest BCUT2D eigenvalue weighted by Crippen LogP contribution is 2.26. The Labute approximate surface area is 159 Å². The predicted octanol–water partition coefficient (Wildman–Crippen LogP) is 4.09. The van der Waals surface area contributed by atoms with Gasteiger partial charge in [-0.3, -0.25) is 4.90 Å². The van der Waals surface area contributed by atoms with Gasteiger partial charge in [0.2, 0.25) is 0 Å². The Kier molecular flexibility index (Phi) is 5.49. The second-order valence-electron chi connectivity index (χ2n) is 7.69. The maximum Gasteiger partial charge on any atom is 0.411 e. The van der Waals surface area contributed by atoms with Gasteiger partial charge in [-0.15, -0.1) is 0 Å². The summed E-state index contributed by atoms with van der Waals surface area (Å²) < 4.78 is 11.0. The van der Waals surface area contributed by atoms with Crippen LogP contribution in [0, 0.1) is 0 Å². The Bertz CT molecular complexity index is 811. The van der Waals surface area contributed by atoms with Crippen LogP contribution in [0.5, 0.6) is 0 Å². The van der Waals surface area contributed by atoms with E-state index in [-0.39, 0.29) is 6.61 Å². The highest BCUT2D eigenvalue weighted by Gasteiger charge is 2.38. The second kappa shape index (κ2) is 7.82. The van der Waals surface area contributed by atoms with E-state index in [4.69, 9.17) is 9.47 Å². The number of carbonyl (C=O) groups is 2. The van der Waals surface area contributed by atoms with Gasteiger partial charge in [0.15, 0.2) is 0 Å². The van der Waals surface area contributed by atoms with Gasteiger partial charge in [-0.25, -0.2) is 9.59 Å². The molecule has 0 fully saturated rings. The van der Waals surface area contributed by atoms with E-state index < -0.39 is 23.7 Å². The van der Waals surface area contributed by atoms with Gasteiger partial charge < -0.3 is 9.47 Å². The van der Waals surface area contributed by atoms with E-state index >= 15 is 0 Å². The maximum atomic E-state index is 12.8. The fraction of sp³-hybridized carbons (Fsp3) is 0.364. The van der Waals surface area contributed by atoms with Crippen LogP contribution in [0.15, 0.2) is 54.6 Å². The molecule has 1 aliphatic heterocycles. The number of fused-ring (bicyclic) bond motifs is 1. The molecule has 5 heteroatoms. The minimum absolute atomic E-state index is 0.166. The van der Waals surface area contributed by atoms with Crippen LogP contribution in [0.4, 0.5) is 4.79 Å².